The highest BCUT2D eigenvalue weighted by molar-refractivity contribution is 7.44. The molecule has 3 heterocycles. The highest BCUT2D eigenvalue weighted by Crippen LogP contribution is 2.59. The summed E-state index contributed by atoms with van der Waals surface area (Å²) in [5, 5.41) is 13.7. The summed E-state index contributed by atoms with van der Waals surface area (Å²) in [5.74, 6) is 3.14. The van der Waals surface area contributed by atoms with Crippen LogP contribution in [0, 0.1) is 29.1 Å². The summed E-state index contributed by atoms with van der Waals surface area (Å²) in [5.41, 5.74) is -1.68. The quantitative estimate of drug-likeness (QED) is 0.0340. The van der Waals surface area contributed by atoms with Crippen LogP contribution in [0.25, 0.3) is 0 Å². The van der Waals surface area contributed by atoms with Gasteiger partial charge in [-0.2, -0.15) is 18.4 Å². The Balaban J connectivity index is 1.47. The number of carbonyl (C=O) groups is 2. The SMILES string of the molecule is COc1ccc(C(C[C@@]23COC([C@H](n4cc(C#CCNC(=O)C(CC(C)C)NC(=O)C(F)(F)F)c(=O)[nH]c4=O)O2)[C@H]3OP(OCCC#N)N(C(C)C)C(C)C)(c2ccccc2)c2ccc(OC)cc2)cc1. The zero-order valence-electron chi connectivity index (χ0n) is 40.9. The molecule has 3 N–H and O–H groups in total. The number of methoxy groups -OCH3 is 2. The maximum atomic E-state index is 14.0. The second-order valence-electron chi connectivity index (χ2n) is 18.2. The number of rotatable bonds is 21. The minimum absolute atomic E-state index is 0.00382. The van der Waals surface area contributed by atoms with E-state index in [4.69, 9.17) is 28.0 Å². The topological polar surface area (TPSA) is 195 Å². The number of nitriles is 1. The second-order valence-corrected chi connectivity index (χ2v) is 19.6. The number of aromatic nitrogens is 2. The largest absolute Gasteiger partial charge is 0.497 e. The molecule has 0 saturated carbocycles. The van der Waals surface area contributed by atoms with E-state index in [0.29, 0.717) is 11.5 Å². The van der Waals surface area contributed by atoms with E-state index >= 15 is 0 Å². The van der Waals surface area contributed by atoms with Gasteiger partial charge in [0.25, 0.3) is 14.1 Å². The standard InChI is InChI=1S/C51H60F3N6O10P/c1-32(2)28-41(57-47(63)51(52,53)54)45(62)56-26-12-14-35-29-59(48(64)58-44(35)61)46-42-43(70-71(68-27-13-25-55)60(33(3)4)34(5)6)49(69-46,31-67-42)30-50(36-15-10-9-11-16-36,37-17-21-39(65-7)22-18-37)38-19-23-40(66-8)24-20-38/h9-11,15-24,29,32-34,41-43,46H,13,26-28,30-31H2,1-8H3,(H,56,62)(H,57,63)(H,58,61,64)/t41?,42?,43-,46-,49+,71?/m1/s1. The average molecular weight is 1010 g/mol. The smallest absolute Gasteiger partial charge is 0.471 e. The fourth-order valence-corrected chi connectivity index (χ4v) is 10.9. The van der Waals surface area contributed by atoms with E-state index < -0.39 is 79.8 Å². The van der Waals surface area contributed by atoms with Crippen molar-refractivity contribution in [3.8, 4) is 29.4 Å². The number of amides is 2. The molecule has 0 radical (unpaired) electrons. The summed E-state index contributed by atoms with van der Waals surface area (Å²) in [6.07, 6.45) is -6.97. The van der Waals surface area contributed by atoms with Crippen molar-refractivity contribution in [2.24, 2.45) is 5.92 Å². The lowest BCUT2D eigenvalue weighted by Crippen LogP contribution is -2.51. The van der Waals surface area contributed by atoms with Crippen molar-refractivity contribution in [1.29, 1.82) is 5.26 Å². The molecule has 2 bridgehead atoms. The Labute approximate surface area is 412 Å². The van der Waals surface area contributed by atoms with Gasteiger partial charge in [-0.3, -0.25) is 23.9 Å². The van der Waals surface area contributed by atoms with E-state index in [1.807, 2.05) is 107 Å². The van der Waals surface area contributed by atoms with E-state index in [0.717, 1.165) is 16.7 Å². The molecule has 1 aromatic heterocycles. The number of benzene rings is 3. The molecule has 0 spiro atoms. The minimum atomic E-state index is -5.20. The first-order valence-electron chi connectivity index (χ1n) is 23.2. The van der Waals surface area contributed by atoms with Gasteiger partial charge in [0.1, 0.15) is 40.9 Å². The van der Waals surface area contributed by atoms with E-state index in [1.165, 1.54) is 10.8 Å². The number of alkyl halides is 3. The van der Waals surface area contributed by atoms with Crippen LogP contribution in [0.1, 0.15) is 89.3 Å². The molecule has 2 saturated heterocycles. The molecule has 4 aromatic rings. The zero-order valence-corrected chi connectivity index (χ0v) is 41.8. The number of nitrogens with one attached hydrogen (secondary N) is 3. The molecule has 0 aliphatic carbocycles. The van der Waals surface area contributed by atoms with Gasteiger partial charge in [0.05, 0.1) is 46.5 Å². The highest BCUT2D eigenvalue weighted by atomic mass is 31.2. The van der Waals surface area contributed by atoms with Crippen molar-refractivity contribution < 1.29 is 50.8 Å². The maximum absolute atomic E-state index is 14.0. The van der Waals surface area contributed by atoms with Crippen molar-refractivity contribution >= 4 is 20.3 Å². The van der Waals surface area contributed by atoms with Crippen LogP contribution in [0.3, 0.4) is 0 Å². The normalized spacial score (nSPS) is 19.5. The number of aromatic amines is 1. The molecular weight excluding hydrogens is 945 g/mol. The van der Waals surface area contributed by atoms with Gasteiger partial charge in [-0.25, -0.2) is 9.46 Å². The highest BCUT2D eigenvalue weighted by Gasteiger charge is 2.66. The Morgan fingerprint density at radius 1 is 0.930 bits per heavy atom. The molecule has 380 valence electrons. The molecule has 71 heavy (non-hydrogen) atoms. The molecule has 20 heteroatoms. The third kappa shape index (κ3) is 12.4. The third-order valence-corrected chi connectivity index (χ3v) is 14.4. The summed E-state index contributed by atoms with van der Waals surface area (Å²) in [6.45, 7) is 11.1. The Kier molecular flexibility index (Phi) is 17.9. The first-order valence-corrected chi connectivity index (χ1v) is 24.3. The van der Waals surface area contributed by atoms with Gasteiger partial charge in [-0.1, -0.05) is 80.3 Å². The monoisotopic (exact) mass is 1000 g/mol. The number of ether oxygens (including phenoxy) is 4. The number of hydrogen-bond donors (Lipinski definition) is 3. The van der Waals surface area contributed by atoms with Crippen molar-refractivity contribution in [2.75, 3.05) is 34.0 Å². The van der Waals surface area contributed by atoms with Gasteiger partial charge in [0.15, 0.2) is 6.23 Å². The Morgan fingerprint density at radius 2 is 1.52 bits per heavy atom. The molecule has 2 aliphatic heterocycles. The number of hydrogen-bond acceptors (Lipinski definition) is 12. The van der Waals surface area contributed by atoms with Crippen molar-refractivity contribution in [3.05, 3.63) is 128 Å². The fraction of sp³-hybridized carbons (Fsp3) is 0.471. The first kappa shape index (κ1) is 54.3. The van der Waals surface area contributed by atoms with Crippen molar-refractivity contribution in [1.82, 2.24) is 24.9 Å². The molecule has 3 aromatic carbocycles. The summed E-state index contributed by atoms with van der Waals surface area (Å²) >= 11 is 0. The molecule has 2 aliphatic rings. The average Bonchev–Trinajstić information content (AvgIpc) is 3.82. The van der Waals surface area contributed by atoms with E-state index in [2.05, 4.69) is 32.9 Å². The predicted molar refractivity (Wildman–Crippen MR) is 258 cm³/mol. The Morgan fingerprint density at radius 3 is 2.06 bits per heavy atom. The van der Waals surface area contributed by atoms with E-state index in [1.54, 1.807) is 33.4 Å². The third-order valence-electron chi connectivity index (χ3n) is 12.2. The lowest BCUT2D eigenvalue weighted by atomic mass is 9.63. The molecule has 6 rings (SSSR count). The molecule has 2 fully saturated rings. The van der Waals surface area contributed by atoms with Gasteiger partial charge in [0, 0.05) is 23.7 Å². The van der Waals surface area contributed by atoms with Crippen LogP contribution < -0.4 is 31.4 Å². The first-order chi connectivity index (χ1) is 33.8. The van der Waals surface area contributed by atoms with Gasteiger partial charge in [0.2, 0.25) is 5.91 Å². The summed E-state index contributed by atoms with van der Waals surface area (Å²) in [4.78, 5) is 54.3. The van der Waals surface area contributed by atoms with Crippen molar-refractivity contribution in [2.45, 2.75) is 115 Å². The number of halogens is 3. The van der Waals surface area contributed by atoms with Crippen molar-refractivity contribution in [3.63, 3.8) is 0 Å². The van der Waals surface area contributed by atoms with E-state index in [9.17, 15) is 37.6 Å². The number of H-pyrrole nitrogens is 1. The van der Waals surface area contributed by atoms with E-state index in [-0.39, 0.29) is 56.0 Å². The second kappa shape index (κ2) is 23.5. The van der Waals surface area contributed by atoms with Crippen LogP contribution in [-0.4, -0.2) is 102 Å². The molecule has 2 amide bonds. The molecular formula is C51H60F3N6O10P. The Hall–Kier alpha value is -6.05. The summed E-state index contributed by atoms with van der Waals surface area (Å²) < 4.78 is 81.2. The lowest BCUT2D eigenvalue weighted by Gasteiger charge is -2.44. The predicted octanol–water partition coefficient (Wildman–Crippen LogP) is 6.87. The van der Waals surface area contributed by atoms with Crippen LogP contribution in [0.2, 0.25) is 0 Å². The van der Waals surface area contributed by atoms with Gasteiger partial charge >= 0.3 is 17.8 Å². The van der Waals surface area contributed by atoms with Gasteiger partial charge in [-0.15, -0.1) is 0 Å². The van der Waals surface area contributed by atoms with Crippen LogP contribution in [-0.2, 0) is 33.5 Å². The maximum Gasteiger partial charge on any atom is 0.471 e. The molecule has 3 unspecified atom stereocenters. The minimum Gasteiger partial charge on any atom is -0.497 e. The van der Waals surface area contributed by atoms with Crippen LogP contribution in [0.4, 0.5) is 13.2 Å². The number of fused-ring (bicyclic) bond motifs is 2. The molecule has 6 atom stereocenters. The Bertz CT molecular complexity index is 2630. The molecule has 16 nitrogen and oxygen atoms in total. The summed E-state index contributed by atoms with van der Waals surface area (Å²) in [6, 6.07) is 25.8. The number of nitrogens with zero attached hydrogens (tertiary/aromatic N) is 3. The van der Waals surface area contributed by atoms with Gasteiger partial charge < -0.3 is 38.6 Å². The fourth-order valence-electron chi connectivity index (χ4n) is 9.13. The van der Waals surface area contributed by atoms with Crippen LogP contribution in [0.5, 0.6) is 11.5 Å². The number of carbonyl (C=O) groups excluding carboxylic acids is 2. The zero-order chi connectivity index (χ0) is 51.7. The van der Waals surface area contributed by atoms with Crippen LogP contribution in [0.15, 0.2) is 94.6 Å². The van der Waals surface area contributed by atoms with Gasteiger partial charge in [-0.05, 0) is 87.4 Å². The van der Waals surface area contributed by atoms with Crippen LogP contribution >= 0.6 is 8.53 Å². The lowest BCUT2D eigenvalue weighted by molar-refractivity contribution is -0.180. The summed E-state index contributed by atoms with van der Waals surface area (Å²) in [7, 11) is 1.25.